The van der Waals surface area contributed by atoms with Gasteiger partial charge in [-0.2, -0.15) is 5.10 Å². The largest absolute Gasteiger partial charge is 0.370 e. The molecule has 0 saturated carbocycles. The summed E-state index contributed by atoms with van der Waals surface area (Å²) in [5.74, 6) is 1.98. The number of aryl methyl sites for hydroxylation is 1. The van der Waals surface area contributed by atoms with Gasteiger partial charge in [0.15, 0.2) is 5.82 Å². The summed E-state index contributed by atoms with van der Waals surface area (Å²) >= 11 is 0. The van der Waals surface area contributed by atoms with Gasteiger partial charge in [0, 0.05) is 31.5 Å². The van der Waals surface area contributed by atoms with Crippen LogP contribution in [-0.2, 0) is 7.05 Å². The summed E-state index contributed by atoms with van der Waals surface area (Å²) in [6.45, 7) is 7.33. The van der Waals surface area contributed by atoms with E-state index < -0.39 is 0 Å². The van der Waals surface area contributed by atoms with E-state index in [4.69, 9.17) is 0 Å². The van der Waals surface area contributed by atoms with Crippen molar-refractivity contribution < 1.29 is 0 Å². The number of nitrogens with one attached hydrogen (secondary N) is 1. The molecule has 2 rings (SSSR count). The van der Waals surface area contributed by atoms with Crippen LogP contribution in [0.3, 0.4) is 0 Å². The van der Waals surface area contributed by atoms with Gasteiger partial charge in [0.25, 0.3) is 0 Å². The van der Waals surface area contributed by atoms with E-state index in [1.165, 1.54) is 0 Å². The second-order valence-electron chi connectivity index (χ2n) is 4.92. The normalized spacial score (nSPS) is 11.0. The van der Waals surface area contributed by atoms with Crippen LogP contribution in [0.25, 0.3) is 11.5 Å². The van der Waals surface area contributed by atoms with Crippen LogP contribution in [0.5, 0.6) is 0 Å². The SMILES string of the molecule is CCCNc1cc(C(C)C)nc(-c2ccnn2C)n1. The quantitative estimate of drug-likeness (QED) is 0.897. The summed E-state index contributed by atoms with van der Waals surface area (Å²) in [7, 11) is 1.90. The highest BCUT2D eigenvalue weighted by Crippen LogP contribution is 2.21. The molecule has 0 atom stereocenters. The van der Waals surface area contributed by atoms with Crippen molar-refractivity contribution in [2.45, 2.75) is 33.1 Å². The molecule has 0 fully saturated rings. The highest BCUT2D eigenvalue weighted by atomic mass is 15.3. The Morgan fingerprint density at radius 2 is 2.11 bits per heavy atom. The molecule has 0 aliphatic heterocycles. The van der Waals surface area contributed by atoms with E-state index in [0.29, 0.717) is 5.92 Å². The average Bonchev–Trinajstić information content (AvgIpc) is 2.82. The van der Waals surface area contributed by atoms with E-state index >= 15 is 0 Å². The van der Waals surface area contributed by atoms with Crippen molar-refractivity contribution in [1.82, 2.24) is 19.7 Å². The molecule has 102 valence electrons. The summed E-state index contributed by atoms with van der Waals surface area (Å²) in [6, 6.07) is 3.96. The monoisotopic (exact) mass is 259 g/mol. The fraction of sp³-hybridized carbons (Fsp3) is 0.500. The third kappa shape index (κ3) is 3.10. The number of nitrogens with zero attached hydrogens (tertiary/aromatic N) is 4. The second kappa shape index (κ2) is 5.82. The maximum absolute atomic E-state index is 4.63. The molecule has 2 aromatic heterocycles. The fourth-order valence-corrected chi connectivity index (χ4v) is 1.81. The summed E-state index contributed by atoms with van der Waals surface area (Å²) in [5, 5.41) is 7.51. The van der Waals surface area contributed by atoms with Crippen molar-refractivity contribution in [3.8, 4) is 11.5 Å². The highest BCUT2D eigenvalue weighted by molar-refractivity contribution is 5.53. The lowest BCUT2D eigenvalue weighted by Crippen LogP contribution is -2.07. The molecule has 2 aromatic rings. The molecule has 5 nitrogen and oxygen atoms in total. The Morgan fingerprint density at radius 1 is 1.32 bits per heavy atom. The molecular weight excluding hydrogens is 238 g/mol. The minimum absolute atomic E-state index is 0.372. The molecule has 0 spiro atoms. The van der Waals surface area contributed by atoms with Crippen LogP contribution in [0.15, 0.2) is 18.3 Å². The Hall–Kier alpha value is -1.91. The molecule has 0 aliphatic carbocycles. The fourth-order valence-electron chi connectivity index (χ4n) is 1.81. The number of hydrogen-bond donors (Lipinski definition) is 1. The Morgan fingerprint density at radius 3 is 2.68 bits per heavy atom. The predicted molar refractivity (Wildman–Crippen MR) is 77.1 cm³/mol. The molecule has 0 aromatic carbocycles. The Kier molecular flexibility index (Phi) is 4.14. The van der Waals surface area contributed by atoms with Crippen molar-refractivity contribution in [2.75, 3.05) is 11.9 Å². The van der Waals surface area contributed by atoms with Crippen LogP contribution < -0.4 is 5.32 Å². The molecular formula is C14H21N5. The standard InChI is InChI=1S/C14H21N5/c1-5-7-15-13-9-11(10(2)3)17-14(18-13)12-6-8-16-19(12)4/h6,8-10H,5,7H2,1-4H3,(H,15,17,18). The van der Waals surface area contributed by atoms with Crippen LogP contribution in [0.4, 0.5) is 5.82 Å². The maximum Gasteiger partial charge on any atom is 0.180 e. The average molecular weight is 259 g/mol. The van der Waals surface area contributed by atoms with E-state index in [1.54, 1.807) is 10.9 Å². The first-order valence-electron chi connectivity index (χ1n) is 6.73. The van der Waals surface area contributed by atoms with Gasteiger partial charge in [0.1, 0.15) is 11.5 Å². The second-order valence-corrected chi connectivity index (χ2v) is 4.92. The van der Waals surface area contributed by atoms with Gasteiger partial charge < -0.3 is 5.32 Å². The predicted octanol–water partition coefficient (Wildman–Crippen LogP) is 2.82. The van der Waals surface area contributed by atoms with Gasteiger partial charge in [0.2, 0.25) is 0 Å². The first-order chi connectivity index (χ1) is 9.11. The molecule has 0 radical (unpaired) electrons. The molecule has 2 heterocycles. The molecule has 0 bridgehead atoms. The molecule has 0 aliphatic rings. The first kappa shape index (κ1) is 13.5. The van der Waals surface area contributed by atoms with Gasteiger partial charge in [0.05, 0.1) is 0 Å². The third-order valence-electron chi connectivity index (χ3n) is 2.94. The van der Waals surface area contributed by atoms with E-state index in [-0.39, 0.29) is 0 Å². The zero-order chi connectivity index (χ0) is 13.8. The Labute approximate surface area is 114 Å². The van der Waals surface area contributed by atoms with Crippen LogP contribution >= 0.6 is 0 Å². The van der Waals surface area contributed by atoms with Crippen LogP contribution in [0.1, 0.15) is 38.8 Å². The Bertz CT molecular complexity index is 545. The van der Waals surface area contributed by atoms with Crippen molar-refractivity contribution in [1.29, 1.82) is 0 Å². The van der Waals surface area contributed by atoms with Gasteiger partial charge in [-0.3, -0.25) is 4.68 Å². The number of anilines is 1. The van der Waals surface area contributed by atoms with Gasteiger partial charge >= 0.3 is 0 Å². The van der Waals surface area contributed by atoms with E-state index in [2.05, 4.69) is 41.2 Å². The topological polar surface area (TPSA) is 55.6 Å². The molecule has 5 heteroatoms. The van der Waals surface area contributed by atoms with Crippen LogP contribution in [0, 0.1) is 0 Å². The van der Waals surface area contributed by atoms with Crippen LogP contribution in [0.2, 0.25) is 0 Å². The number of aromatic nitrogens is 4. The zero-order valence-corrected chi connectivity index (χ0v) is 12.0. The smallest absolute Gasteiger partial charge is 0.180 e. The lowest BCUT2D eigenvalue weighted by Gasteiger charge is -2.11. The lowest BCUT2D eigenvalue weighted by atomic mass is 10.1. The zero-order valence-electron chi connectivity index (χ0n) is 12.0. The van der Waals surface area contributed by atoms with Crippen molar-refractivity contribution in [3.05, 3.63) is 24.0 Å². The van der Waals surface area contributed by atoms with Gasteiger partial charge in [-0.05, 0) is 18.4 Å². The summed E-state index contributed by atoms with van der Waals surface area (Å²) in [6.07, 6.45) is 2.84. The van der Waals surface area contributed by atoms with E-state index in [1.807, 2.05) is 19.2 Å². The van der Waals surface area contributed by atoms with Crippen LogP contribution in [-0.4, -0.2) is 26.3 Å². The third-order valence-corrected chi connectivity index (χ3v) is 2.94. The molecule has 0 saturated heterocycles. The number of rotatable bonds is 5. The summed E-state index contributed by atoms with van der Waals surface area (Å²) < 4.78 is 1.79. The summed E-state index contributed by atoms with van der Waals surface area (Å²) in [5.41, 5.74) is 1.98. The lowest BCUT2D eigenvalue weighted by molar-refractivity contribution is 0.762. The van der Waals surface area contributed by atoms with Crippen molar-refractivity contribution in [3.63, 3.8) is 0 Å². The molecule has 0 amide bonds. The van der Waals surface area contributed by atoms with Gasteiger partial charge in [-0.15, -0.1) is 0 Å². The first-order valence-corrected chi connectivity index (χ1v) is 6.73. The number of hydrogen-bond acceptors (Lipinski definition) is 4. The van der Waals surface area contributed by atoms with Crippen molar-refractivity contribution >= 4 is 5.82 Å². The van der Waals surface area contributed by atoms with E-state index in [9.17, 15) is 0 Å². The molecule has 19 heavy (non-hydrogen) atoms. The van der Waals surface area contributed by atoms with Gasteiger partial charge in [-0.1, -0.05) is 20.8 Å². The Balaban J connectivity index is 2.42. The van der Waals surface area contributed by atoms with Gasteiger partial charge in [-0.25, -0.2) is 9.97 Å². The minimum Gasteiger partial charge on any atom is -0.370 e. The van der Waals surface area contributed by atoms with Crippen molar-refractivity contribution in [2.24, 2.45) is 7.05 Å². The minimum atomic E-state index is 0.372. The highest BCUT2D eigenvalue weighted by Gasteiger charge is 2.11. The molecule has 0 unspecified atom stereocenters. The van der Waals surface area contributed by atoms with E-state index in [0.717, 1.165) is 36.0 Å². The maximum atomic E-state index is 4.63. The summed E-state index contributed by atoms with van der Waals surface area (Å²) in [4.78, 5) is 9.21. The molecule has 1 N–H and O–H groups in total.